The predicted molar refractivity (Wildman–Crippen MR) is 140 cm³/mol. The topological polar surface area (TPSA) is 115 Å². The van der Waals surface area contributed by atoms with Gasteiger partial charge in [0.2, 0.25) is 21.8 Å². The third kappa shape index (κ3) is 6.49. The van der Waals surface area contributed by atoms with Crippen LogP contribution in [0, 0.1) is 5.92 Å². The van der Waals surface area contributed by atoms with E-state index < -0.39 is 15.9 Å². The summed E-state index contributed by atoms with van der Waals surface area (Å²) in [6.45, 7) is 6.69. The second-order valence-corrected chi connectivity index (χ2v) is 11.6. The lowest BCUT2D eigenvalue weighted by Crippen LogP contribution is -2.43. The molecule has 198 valence electrons. The molecule has 1 saturated heterocycles. The summed E-state index contributed by atoms with van der Waals surface area (Å²) >= 11 is 6.21. The minimum atomic E-state index is -3.80. The Labute approximate surface area is 222 Å². The highest BCUT2D eigenvalue weighted by atomic mass is 35.5. The molecular formula is C26H31ClN4O5S. The van der Waals surface area contributed by atoms with Gasteiger partial charge in [-0.2, -0.15) is 9.29 Å². The van der Waals surface area contributed by atoms with E-state index in [0.717, 1.165) is 5.56 Å². The van der Waals surface area contributed by atoms with Crippen LogP contribution in [0.3, 0.4) is 0 Å². The van der Waals surface area contributed by atoms with Crippen LogP contribution in [0.4, 0.5) is 5.69 Å². The first-order valence-corrected chi connectivity index (χ1v) is 14.1. The number of benzene rings is 2. The minimum absolute atomic E-state index is 0.0831. The number of nitrogens with zero attached hydrogens (tertiary/aromatic N) is 3. The van der Waals surface area contributed by atoms with Crippen molar-refractivity contribution in [1.82, 2.24) is 14.4 Å². The zero-order valence-corrected chi connectivity index (χ0v) is 22.7. The molecule has 1 aromatic heterocycles. The van der Waals surface area contributed by atoms with E-state index in [1.807, 2.05) is 45.0 Å². The van der Waals surface area contributed by atoms with Crippen LogP contribution >= 0.6 is 11.6 Å². The lowest BCUT2D eigenvalue weighted by atomic mass is 9.98. The Morgan fingerprint density at radius 2 is 2.00 bits per heavy atom. The van der Waals surface area contributed by atoms with Crippen LogP contribution in [0.2, 0.25) is 5.02 Å². The first-order chi connectivity index (χ1) is 17.7. The molecule has 9 nitrogen and oxygen atoms in total. The zero-order valence-electron chi connectivity index (χ0n) is 21.1. The van der Waals surface area contributed by atoms with Gasteiger partial charge in [-0.15, -0.1) is 0 Å². The highest BCUT2D eigenvalue weighted by Gasteiger charge is 2.33. The molecule has 1 atom stereocenters. The molecule has 0 bridgehead atoms. The summed E-state index contributed by atoms with van der Waals surface area (Å²) in [5.74, 6) is 1.14. The van der Waals surface area contributed by atoms with Gasteiger partial charge in [-0.1, -0.05) is 42.7 Å². The molecule has 1 amide bonds. The average Bonchev–Trinajstić information content (AvgIpc) is 3.35. The summed E-state index contributed by atoms with van der Waals surface area (Å²) in [5.41, 5.74) is 1.63. The second kappa shape index (κ2) is 11.6. The number of hydrogen-bond acceptors (Lipinski definition) is 7. The molecule has 37 heavy (non-hydrogen) atoms. The Morgan fingerprint density at radius 3 is 2.65 bits per heavy atom. The fraction of sp³-hybridized carbons (Fsp3) is 0.423. The van der Waals surface area contributed by atoms with Crippen molar-refractivity contribution in [2.24, 2.45) is 5.92 Å². The summed E-state index contributed by atoms with van der Waals surface area (Å²) < 4.78 is 38.5. The van der Waals surface area contributed by atoms with E-state index in [0.29, 0.717) is 55.6 Å². The van der Waals surface area contributed by atoms with Gasteiger partial charge in [-0.25, -0.2) is 8.42 Å². The van der Waals surface area contributed by atoms with Crippen molar-refractivity contribution in [1.29, 1.82) is 0 Å². The number of anilines is 1. The number of sulfonamides is 1. The summed E-state index contributed by atoms with van der Waals surface area (Å²) in [4.78, 5) is 17.5. The largest absolute Gasteiger partial charge is 0.492 e. The number of halogens is 1. The van der Waals surface area contributed by atoms with Crippen LogP contribution in [0.15, 0.2) is 51.9 Å². The monoisotopic (exact) mass is 546 g/mol. The summed E-state index contributed by atoms with van der Waals surface area (Å²) in [6, 6.07) is 11.9. The van der Waals surface area contributed by atoms with Crippen LogP contribution in [0.25, 0.3) is 0 Å². The molecule has 2 heterocycles. The molecular weight excluding hydrogens is 516 g/mol. The van der Waals surface area contributed by atoms with Crippen LogP contribution in [0.5, 0.6) is 5.75 Å². The lowest BCUT2D eigenvalue weighted by molar-refractivity contribution is -0.120. The van der Waals surface area contributed by atoms with Crippen molar-refractivity contribution in [3.05, 3.63) is 64.8 Å². The summed E-state index contributed by atoms with van der Waals surface area (Å²) in [6.07, 6.45) is 1.72. The Bertz CT molecular complexity index is 1340. The van der Waals surface area contributed by atoms with Crippen molar-refractivity contribution < 1.29 is 22.5 Å². The lowest BCUT2D eigenvalue weighted by Gasteiger charge is -2.31. The number of carbonyl (C=O) groups is 1. The quantitative estimate of drug-likeness (QED) is 0.407. The van der Waals surface area contributed by atoms with Gasteiger partial charge in [0, 0.05) is 31.1 Å². The van der Waals surface area contributed by atoms with Crippen LogP contribution < -0.4 is 10.1 Å². The molecule has 0 unspecified atom stereocenters. The molecule has 11 heteroatoms. The normalized spacial score (nSPS) is 16.6. The molecule has 2 aromatic carbocycles. The van der Waals surface area contributed by atoms with E-state index in [4.69, 9.17) is 20.9 Å². The number of carbonyl (C=O) groups excluding carboxylic acids is 1. The third-order valence-electron chi connectivity index (χ3n) is 6.16. The van der Waals surface area contributed by atoms with Crippen LogP contribution in [-0.2, 0) is 21.2 Å². The maximum atomic E-state index is 13.2. The van der Waals surface area contributed by atoms with Crippen molar-refractivity contribution in [3.8, 4) is 5.75 Å². The standard InChI is InChI=1S/C26H31ClN4O5S/c1-4-35-23-12-11-21(15-22(23)27)37(33,34)31-13-5-6-19(16-31)25(32)28-20-9-7-18(8-10-20)14-24-29-26(17(2)3)36-30-24/h7-12,15,17,19H,4-6,13-14,16H2,1-3H3,(H,28,32)/t19-/m1/s1. The number of amides is 1. The molecule has 4 rings (SSSR count). The second-order valence-electron chi connectivity index (χ2n) is 9.29. The molecule has 0 spiro atoms. The van der Waals surface area contributed by atoms with Gasteiger partial charge in [0.1, 0.15) is 5.75 Å². The molecule has 1 N–H and O–H groups in total. The highest BCUT2D eigenvalue weighted by molar-refractivity contribution is 7.89. The summed E-state index contributed by atoms with van der Waals surface area (Å²) in [5, 5.41) is 7.16. The Morgan fingerprint density at radius 1 is 1.24 bits per heavy atom. The molecule has 1 aliphatic heterocycles. The van der Waals surface area contributed by atoms with Crippen molar-refractivity contribution in [2.75, 3.05) is 25.0 Å². The van der Waals surface area contributed by atoms with Crippen molar-refractivity contribution >= 4 is 33.2 Å². The van der Waals surface area contributed by atoms with Gasteiger partial charge < -0.3 is 14.6 Å². The number of rotatable bonds is 9. The fourth-order valence-electron chi connectivity index (χ4n) is 4.14. The molecule has 1 fully saturated rings. The number of piperidine rings is 1. The van der Waals surface area contributed by atoms with E-state index in [1.54, 1.807) is 6.07 Å². The minimum Gasteiger partial charge on any atom is -0.492 e. The number of aromatic nitrogens is 2. The smallest absolute Gasteiger partial charge is 0.243 e. The first-order valence-electron chi connectivity index (χ1n) is 12.3. The maximum absolute atomic E-state index is 13.2. The predicted octanol–water partition coefficient (Wildman–Crippen LogP) is 4.88. The number of hydrogen-bond donors (Lipinski definition) is 1. The Kier molecular flexibility index (Phi) is 8.51. The molecule has 3 aromatic rings. The van der Waals surface area contributed by atoms with E-state index in [-0.39, 0.29) is 28.3 Å². The average molecular weight is 547 g/mol. The van der Waals surface area contributed by atoms with Gasteiger partial charge in [0.15, 0.2) is 5.82 Å². The number of ether oxygens (including phenoxy) is 1. The molecule has 0 aliphatic carbocycles. The Hall–Kier alpha value is -2.95. The van der Waals surface area contributed by atoms with Gasteiger partial charge in [0.25, 0.3) is 0 Å². The maximum Gasteiger partial charge on any atom is 0.243 e. The van der Waals surface area contributed by atoms with Crippen LogP contribution in [0.1, 0.15) is 56.8 Å². The van der Waals surface area contributed by atoms with Crippen molar-refractivity contribution in [3.63, 3.8) is 0 Å². The fourth-order valence-corrected chi connectivity index (χ4v) is 6.00. The summed E-state index contributed by atoms with van der Waals surface area (Å²) in [7, 11) is -3.80. The first kappa shape index (κ1) is 27.1. The molecule has 1 aliphatic rings. The van der Waals surface area contributed by atoms with Gasteiger partial charge in [-0.3, -0.25) is 4.79 Å². The van der Waals surface area contributed by atoms with E-state index in [1.165, 1.54) is 16.4 Å². The van der Waals surface area contributed by atoms with Gasteiger partial charge >= 0.3 is 0 Å². The van der Waals surface area contributed by atoms with Crippen LogP contribution in [-0.4, -0.2) is 48.5 Å². The van der Waals surface area contributed by atoms with Crippen molar-refractivity contribution in [2.45, 2.75) is 50.8 Å². The highest BCUT2D eigenvalue weighted by Crippen LogP contribution is 2.31. The molecule has 0 saturated carbocycles. The van der Waals surface area contributed by atoms with Gasteiger partial charge in [-0.05, 0) is 55.7 Å². The molecule has 0 radical (unpaired) electrons. The zero-order chi connectivity index (χ0) is 26.6. The van der Waals surface area contributed by atoms with E-state index >= 15 is 0 Å². The Balaban J connectivity index is 1.37. The SMILES string of the molecule is CCOc1ccc(S(=O)(=O)N2CCC[C@@H](C(=O)Nc3ccc(Cc4noc(C(C)C)n4)cc3)C2)cc1Cl. The third-order valence-corrected chi connectivity index (χ3v) is 8.31. The van der Waals surface area contributed by atoms with E-state index in [9.17, 15) is 13.2 Å². The van der Waals surface area contributed by atoms with Gasteiger partial charge in [0.05, 0.1) is 22.4 Å². The number of nitrogens with one attached hydrogen (secondary N) is 1. The van der Waals surface area contributed by atoms with E-state index in [2.05, 4.69) is 15.5 Å².